The minimum absolute atomic E-state index is 0.156. The minimum atomic E-state index is -0.470. The first kappa shape index (κ1) is 16.3. The van der Waals surface area contributed by atoms with E-state index in [2.05, 4.69) is 0 Å². The van der Waals surface area contributed by atoms with E-state index in [0.717, 1.165) is 5.56 Å². The van der Waals surface area contributed by atoms with Crippen molar-refractivity contribution in [3.63, 3.8) is 0 Å². The Hall–Kier alpha value is -1.75. The number of nitrogen functional groups attached to an aromatic ring is 1. The van der Waals surface area contributed by atoms with Crippen molar-refractivity contribution < 1.29 is 19.0 Å². The van der Waals surface area contributed by atoms with Gasteiger partial charge >= 0.3 is 5.97 Å². The topological polar surface area (TPSA) is 70.8 Å². The quantitative estimate of drug-likeness (QED) is 0.493. The molecule has 1 aromatic rings. The molecule has 0 heterocycles. The molecule has 0 aliphatic heterocycles. The van der Waals surface area contributed by atoms with Gasteiger partial charge in [-0.1, -0.05) is 0 Å². The predicted molar refractivity (Wildman–Crippen MR) is 77.5 cm³/mol. The third-order valence-corrected chi connectivity index (χ3v) is 2.44. The zero-order chi connectivity index (χ0) is 15.2. The van der Waals surface area contributed by atoms with Crippen molar-refractivity contribution in [3.05, 3.63) is 23.8 Å². The van der Waals surface area contributed by atoms with Crippen LogP contribution in [0.25, 0.3) is 0 Å². The SMILES string of the molecule is COCOc1ccc(N)cc1CCC(=O)OC(C)(C)C. The molecule has 1 aromatic carbocycles. The molecule has 0 fully saturated rings. The highest BCUT2D eigenvalue weighted by molar-refractivity contribution is 5.70. The van der Waals surface area contributed by atoms with Gasteiger partial charge in [0, 0.05) is 19.2 Å². The molecular weight excluding hydrogens is 258 g/mol. The number of hydrogen-bond acceptors (Lipinski definition) is 5. The van der Waals surface area contributed by atoms with Gasteiger partial charge in [0.15, 0.2) is 6.79 Å². The van der Waals surface area contributed by atoms with Crippen LogP contribution in [0.15, 0.2) is 18.2 Å². The van der Waals surface area contributed by atoms with E-state index >= 15 is 0 Å². The fourth-order valence-electron chi connectivity index (χ4n) is 1.69. The van der Waals surface area contributed by atoms with Gasteiger partial charge in [0.05, 0.1) is 0 Å². The van der Waals surface area contributed by atoms with Crippen molar-refractivity contribution in [3.8, 4) is 5.75 Å². The van der Waals surface area contributed by atoms with Gasteiger partial charge < -0.3 is 19.9 Å². The zero-order valence-corrected chi connectivity index (χ0v) is 12.6. The van der Waals surface area contributed by atoms with Crippen LogP contribution < -0.4 is 10.5 Å². The molecule has 0 amide bonds. The summed E-state index contributed by atoms with van der Waals surface area (Å²) in [5, 5.41) is 0. The van der Waals surface area contributed by atoms with Gasteiger partial charge in [-0.25, -0.2) is 0 Å². The lowest BCUT2D eigenvalue weighted by Crippen LogP contribution is -2.24. The molecule has 20 heavy (non-hydrogen) atoms. The maximum absolute atomic E-state index is 11.7. The molecule has 1 rings (SSSR count). The van der Waals surface area contributed by atoms with Gasteiger partial charge in [-0.3, -0.25) is 4.79 Å². The molecule has 112 valence electrons. The highest BCUT2D eigenvalue weighted by Gasteiger charge is 2.16. The highest BCUT2D eigenvalue weighted by atomic mass is 16.7. The maximum Gasteiger partial charge on any atom is 0.306 e. The monoisotopic (exact) mass is 281 g/mol. The second kappa shape index (κ2) is 7.14. The largest absolute Gasteiger partial charge is 0.467 e. The maximum atomic E-state index is 11.7. The molecular formula is C15H23NO4. The summed E-state index contributed by atoms with van der Waals surface area (Å²) < 4.78 is 15.6. The highest BCUT2D eigenvalue weighted by Crippen LogP contribution is 2.23. The van der Waals surface area contributed by atoms with Crippen LogP contribution >= 0.6 is 0 Å². The summed E-state index contributed by atoms with van der Waals surface area (Å²) >= 11 is 0. The van der Waals surface area contributed by atoms with E-state index in [9.17, 15) is 4.79 Å². The summed E-state index contributed by atoms with van der Waals surface area (Å²) in [6.07, 6.45) is 0.795. The predicted octanol–water partition coefficient (Wildman–Crippen LogP) is 2.53. The second-order valence-corrected chi connectivity index (χ2v) is 5.50. The number of esters is 1. The Kier molecular flexibility index (Phi) is 5.82. The van der Waals surface area contributed by atoms with E-state index < -0.39 is 5.60 Å². The number of aryl methyl sites for hydroxylation is 1. The summed E-state index contributed by atoms with van der Waals surface area (Å²) in [6.45, 7) is 5.69. The minimum Gasteiger partial charge on any atom is -0.467 e. The van der Waals surface area contributed by atoms with Crippen LogP contribution in [-0.4, -0.2) is 25.5 Å². The van der Waals surface area contributed by atoms with Crippen LogP contribution in [0.4, 0.5) is 5.69 Å². The van der Waals surface area contributed by atoms with E-state index in [1.165, 1.54) is 0 Å². The first-order chi connectivity index (χ1) is 9.31. The molecule has 0 unspecified atom stereocenters. The smallest absolute Gasteiger partial charge is 0.306 e. The van der Waals surface area contributed by atoms with Crippen LogP contribution in [0.1, 0.15) is 32.8 Å². The number of carbonyl (C=O) groups is 1. The molecule has 0 spiro atoms. The van der Waals surface area contributed by atoms with Crippen LogP contribution in [0.3, 0.4) is 0 Å². The number of rotatable bonds is 6. The van der Waals surface area contributed by atoms with Gasteiger partial charge in [-0.15, -0.1) is 0 Å². The Labute approximate surface area is 120 Å². The number of hydrogen-bond donors (Lipinski definition) is 1. The lowest BCUT2D eigenvalue weighted by atomic mass is 10.1. The van der Waals surface area contributed by atoms with Crippen LogP contribution in [0.5, 0.6) is 5.75 Å². The molecule has 0 aromatic heterocycles. The molecule has 0 saturated heterocycles. The van der Waals surface area contributed by atoms with Gasteiger partial charge in [0.1, 0.15) is 11.4 Å². The summed E-state index contributed by atoms with van der Waals surface area (Å²) in [6, 6.07) is 5.33. The summed E-state index contributed by atoms with van der Waals surface area (Å²) in [5.41, 5.74) is 6.79. The van der Waals surface area contributed by atoms with Gasteiger partial charge in [-0.2, -0.15) is 0 Å². The first-order valence-electron chi connectivity index (χ1n) is 6.54. The molecule has 0 bridgehead atoms. The summed E-state index contributed by atoms with van der Waals surface area (Å²) in [7, 11) is 1.55. The van der Waals surface area contributed by atoms with Crippen LogP contribution in [0, 0.1) is 0 Å². The molecule has 0 radical (unpaired) electrons. The Morgan fingerprint density at radius 1 is 1.30 bits per heavy atom. The number of carbonyl (C=O) groups excluding carboxylic acids is 1. The molecule has 0 aliphatic carbocycles. The standard InChI is InChI=1S/C15H23NO4/c1-15(2,3)20-14(17)8-5-11-9-12(16)6-7-13(11)19-10-18-4/h6-7,9H,5,8,10,16H2,1-4H3. The van der Waals surface area contributed by atoms with Crippen molar-refractivity contribution in [1.29, 1.82) is 0 Å². The van der Waals surface area contributed by atoms with Gasteiger partial charge in [0.2, 0.25) is 0 Å². The van der Waals surface area contributed by atoms with E-state index in [4.69, 9.17) is 19.9 Å². The van der Waals surface area contributed by atoms with Crippen molar-refractivity contribution >= 4 is 11.7 Å². The fraction of sp³-hybridized carbons (Fsp3) is 0.533. The van der Waals surface area contributed by atoms with Crippen molar-refractivity contribution in [1.82, 2.24) is 0 Å². The first-order valence-corrected chi connectivity index (χ1v) is 6.54. The normalized spacial score (nSPS) is 11.2. The zero-order valence-electron chi connectivity index (χ0n) is 12.6. The molecule has 0 saturated carbocycles. The molecule has 5 heteroatoms. The molecule has 2 N–H and O–H groups in total. The van der Waals surface area contributed by atoms with Crippen molar-refractivity contribution in [2.75, 3.05) is 19.6 Å². The third kappa shape index (κ3) is 5.93. The second-order valence-electron chi connectivity index (χ2n) is 5.50. The van der Waals surface area contributed by atoms with Crippen LogP contribution in [-0.2, 0) is 20.7 Å². The van der Waals surface area contributed by atoms with E-state index in [1.807, 2.05) is 20.8 Å². The number of ether oxygens (including phenoxy) is 3. The van der Waals surface area contributed by atoms with Gasteiger partial charge in [0.25, 0.3) is 0 Å². The average Bonchev–Trinajstić information content (AvgIpc) is 2.33. The molecule has 5 nitrogen and oxygen atoms in total. The number of anilines is 1. The number of methoxy groups -OCH3 is 1. The Balaban J connectivity index is 2.66. The Morgan fingerprint density at radius 3 is 2.60 bits per heavy atom. The average molecular weight is 281 g/mol. The third-order valence-electron chi connectivity index (χ3n) is 2.44. The lowest BCUT2D eigenvalue weighted by molar-refractivity contribution is -0.154. The number of nitrogens with two attached hydrogens (primary N) is 1. The van der Waals surface area contributed by atoms with E-state index in [1.54, 1.807) is 25.3 Å². The van der Waals surface area contributed by atoms with E-state index in [-0.39, 0.29) is 19.2 Å². The summed E-state index contributed by atoms with van der Waals surface area (Å²) in [4.78, 5) is 11.7. The van der Waals surface area contributed by atoms with Crippen molar-refractivity contribution in [2.24, 2.45) is 0 Å². The Bertz CT molecular complexity index is 452. The molecule has 0 aliphatic rings. The molecule has 0 atom stereocenters. The Morgan fingerprint density at radius 2 is 2.00 bits per heavy atom. The van der Waals surface area contributed by atoms with Crippen molar-refractivity contribution in [2.45, 2.75) is 39.2 Å². The summed E-state index contributed by atoms with van der Waals surface area (Å²) in [5.74, 6) is 0.433. The lowest BCUT2D eigenvalue weighted by Gasteiger charge is -2.19. The fourth-order valence-corrected chi connectivity index (χ4v) is 1.69. The van der Waals surface area contributed by atoms with E-state index in [0.29, 0.717) is 17.9 Å². The van der Waals surface area contributed by atoms with Gasteiger partial charge in [-0.05, 0) is 51.0 Å². The number of benzene rings is 1. The van der Waals surface area contributed by atoms with Crippen LogP contribution in [0.2, 0.25) is 0 Å².